The summed E-state index contributed by atoms with van der Waals surface area (Å²) in [7, 11) is 0. The van der Waals surface area contributed by atoms with Gasteiger partial charge in [-0.3, -0.25) is 4.79 Å². The number of nitrogens with zero attached hydrogens (tertiary/aromatic N) is 3. The smallest absolute Gasteiger partial charge is 0.225 e. The minimum atomic E-state index is -0.511. The molecule has 1 aromatic heterocycles. The van der Waals surface area contributed by atoms with Gasteiger partial charge in [0.2, 0.25) is 5.91 Å². The van der Waals surface area contributed by atoms with Crippen LogP contribution in [-0.4, -0.2) is 29.0 Å². The third-order valence-corrected chi connectivity index (χ3v) is 3.92. The topological polar surface area (TPSA) is 110 Å². The summed E-state index contributed by atoms with van der Waals surface area (Å²) in [5.41, 5.74) is 7.38. The van der Waals surface area contributed by atoms with Gasteiger partial charge in [-0.25, -0.2) is 15.8 Å². The van der Waals surface area contributed by atoms with Crippen molar-refractivity contribution in [3.63, 3.8) is 0 Å². The molecule has 1 unspecified atom stereocenters. The minimum absolute atomic E-state index is 0.186. The Balaban J connectivity index is 2.35. The second kappa shape index (κ2) is 5.14. The molecule has 116 valence electrons. The van der Waals surface area contributed by atoms with Crippen molar-refractivity contribution in [2.24, 2.45) is 17.0 Å². The molecule has 7 heteroatoms. The summed E-state index contributed by atoms with van der Waals surface area (Å²) < 4.78 is 0. The van der Waals surface area contributed by atoms with Crippen LogP contribution in [0.2, 0.25) is 0 Å². The first kappa shape index (κ1) is 15.5. The number of rotatable bonds is 3. The molecule has 0 spiro atoms. The van der Waals surface area contributed by atoms with E-state index in [9.17, 15) is 4.79 Å². The van der Waals surface area contributed by atoms with Crippen LogP contribution in [0.5, 0.6) is 0 Å². The quantitative estimate of drug-likeness (QED) is 0.560. The summed E-state index contributed by atoms with van der Waals surface area (Å²) in [6.45, 7) is 9.33. The molecule has 2 heterocycles. The van der Waals surface area contributed by atoms with Crippen LogP contribution >= 0.6 is 0 Å². The highest BCUT2D eigenvalue weighted by Gasteiger charge is 2.39. The lowest BCUT2D eigenvalue weighted by molar-refractivity contribution is -0.125. The van der Waals surface area contributed by atoms with Crippen molar-refractivity contribution in [2.45, 2.75) is 39.5 Å². The van der Waals surface area contributed by atoms with Crippen molar-refractivity contribution in [2.75, 3.05) is 23.4 Å². The Morgan fingerprint density at radius 3 is 2.57 bits per heavy atom. The molecule has 21 heavy (non-hydrogen) atoms. The molecule has 1 amide bonds. The van der Waals surface area contributed by atoms with E-state index >= 15 is 0 Å². The van der Waals surface area contributed by atoms with Crippen LogP contribution in [0.3, 0.4) is 0 Å². The molecule has 0 saturated carbocycles. The van der Waals surface area contributed by atoms with Crippen LogP contribution in [0.4, 0.5) is 11.6 Å². The highest BCUT2D eigenvalue weighted by atomic mass is 16.1. The van der Waals surface area contributed by atoms with E-state index in [2.05, 4.69) is 20.3 Å². The Labute approximate surface area is 125 Å². The average Bonchev–Trinajstić information content (AvgIpc) is 2.81. The molecule has 2 rings (SSSR count). The van der Waals surface area contributed by atoms with Gasteiger partial charge in [0.25, 0.3) is 0 Å². The number of hydrogen-bond donors (Lipinski definition) is 3. The fourth-order valence-corrected chi connectivity index (χ4v) is 2.36. The first-order valence-electron chi connectivity index (χ1n) is 7.07. The van der Waals surface area contributed by atoms with Crippen molar-refractivity contribution in [1.29, 1.82) is 0 Å². The zero-order valence-electron chi connectivity index (χ0n) is 13.1. The molecule has 5 N–H and O–H groups in total. The third kappa shape index (κ3) is 3.07. The predicted molar refractivity (Wildman–Crippen MR) is 82.7 cm³/mol. The van der Waals surface area contributed by atoms with Gasteiger partial charge < -0.3 is 16.1 Å². The molecule has 1 aliphatic rings. The minimum Gasteiger partial charge on any atom is -0.369 e. The zero-order chi connectivity index (χ0) is 15.8. The molecule has 1 aliphatic heterocycles. The molecular formula is C14H24N6O. The molecule has 1 fully saturated rings. The van der Waals surface area contributed by atoms with Crippen molar-refractivity contribution in [1.82, 2.24) is 9.97 Å². The summed E-state index contributed by atoms with van der Waals surface area (Å²) in [5.74, 6) is 7.27. The molecule has 0 bridgehead atoms. The summed E-state index contributed by atoms with van der Waals surface area (Å²) >= 11 is 0. The summed E-state index contributed by atoms with van der Waals surface area (Å²) in [5, 5.41) is 0. The van der Waals surface area contributed by atoms with E-state index in [0.717, 1.165) is 18.8 Å². The SMILES string of the molecule is CC1(C(N)=O)CCN(c2cc(NN)nc(C(C)(C)C)n2)C1. The number of nitrogens with two attached hydrogens (primary N) is 2. The molecule has 1 saturated heterocycles. The molecule has 1 aromatic rings. The van der Waals surface area contributed by atoms with Gasteiger partial charge in [0.05, 0.1) is 5.41 Å². The molecule has 1 atom stereocenters. The Morgan fingerprint density at radius 2 is 2.10 bits per heavy atom. The lowest BCUT2D eigenvalue weighted by atomic mass is 9.89. The van der Waals surface area contributed by atoms with E-state index in [1.807, 2.05) is 27.7 Å². The van der Waals surface area contributed by atoms with Crippen LogP contribution in [0.15, 0.2) is 6.07 Å². The summed E-state index contributed by atoms with van der Waals surface area (Å²) in [6.07, 6.45) is 0.725. The number of carbonyl (C=O) groups excluding carboxylic acids is 1. The van der Waals surface area contributed by atoms with Crippen LogP contribution in [-0.2, 0) is 10.2 Å². The molecule has 7 nitrogen and oxygen atoms in total. The van der Waals surface area contributed by atoms with Crippen molar-refractivity contribution in [3.8, 4) is 0 Å². The second-order valence-corrected chi connectivity index (χ2v) is 6.93. The number of carbonyl (C=O) groups is 1. The van der Waals surface area contributed by atoms with Crippen molar-refractivity contribution in [3.05, 3.63) is 11.9 Å². The number of hydrogen-bond acceptors (Lipinski definition) is 6. The number of primary amides is 1. The van der Waals surface area contributed by atoms with E-state index < -0.39 is 5.41 Å². The fraction of sp³-hybridized carbons (Fsp3) is 0.643. The van der Waals surface area contributed by atoms with Gasteiger partial charge in [-0.2, -0.15) is 0 Å². The first-order chi connectivity index (χ1) is 9.65. The molecule has 0 aliphatic carbocycles. The Kier molecular flexibility index (Phi) is 3.79. The van der Waals surface area contributed by atoms with Gasteiger partial charge >= 0.3 is 0 Å². The fourth-order valence-electron chi connectivity index (χ4n) is 2.36. The zero-order valence-corrected chi connectivity index (χ0v) is 13.1. The number of aromatic nitrogens is 2. The van der Waals surface area contributed by atoms with E-state index in [-0.39, 0.29) is 11.3 Å². The summed E-state index contributed by atoms with van der Waals surface area (Å²) in [4.78, 5) is 22.7. The molecule has 0 radical (unpaired) electrons. The maximum absolute atomic E-state index is 11.6. The highest BCUT2D eigenvalue weighted by molar-refractivity contribution is 5.82. The second-order valence-electron chi connectivity index (χ2n) is 6.93. The van der Waals surface area contributed by atoms with Gasteiger partial charge in [0.1, 0.15) is 17.5 Å². The standard InChI is InChI=1S/C14H24N6O/c1-13(2,3)12-17-9(19-16)7-10(18-12)20-6-5-14(4,8-20)11(15)21/h7H,5-6,8,16H2,1-4H3,(H2,15,21)(H,17,18,19). The van der Waals surface area contributed by atoms with Crippen molar-refractivity contribution >= 4 is 17.5 Å². The normalized spacial score (nSPS) is 22.4. The van der Waals surface area contributed by atoms with E-state index in [0.29, 0.717) is 18.2 Å². The van der Waals surface area contributed by atoms with Crippen molar-refractivity contribution < 1.29 is 4.79 Å². The highest BCUT2D eigenvalue weighted by Crippen LogP contribution is 2.33. The van der Waals surface area contributed by atoms with Gasteiger partial charge in [-0.05, 0) is 13.3 Å². The van der Waals surface area contributed by atoms with Crippen LogP contribution in [0, 0.1) is 5.41 Å². The van der Waals surface area contributed by atoms with Crippen LogP contribution in [0.25, 0.3) is 0 Å². The van der Waals surface area contributed by atoms with E-state index in [4.69, 9.17) is 11.6 Å². The predicted octanol–water partition coefficient (Wildman–Crippen LogP) is 0.761. The van der Waals surface area contributed by atoms with E-state index in [1.54, 1.807) is 6.07 Å². The Hall–Kier alpha value is -1.89. The van der Waals surface area contributed by atoms with Gasteiger partial charge in [-0.1, -0.05) is 20.8 Å². The monoisotopic (exact) mass is 292 g/mol. The Bertz CT molecular complexity index is 553. The van der Waals surface area contributed by atoms with Gasteiger partial charge in [0.15, 0.2) is 0 Å². The lowest BCUT2D eigenvalue weighted by Crippen LogP contribution is -2.37. The number of anilines is 2. The van der Waals surface area contributed by atoms with Gasteiger partial charge in [-0.15, -0.1) is 0 Å². The molecule has 0 aromatic carbocycles. The van der Waals surface area contributed by atoms with Gasteiger partial charge in [0, 0.05) is 24.6 Å². The Morgan fingerprint density at radius 1 is 1.43 bits per heavy atom. The number of amides is 1. The number of hydrazine groups is 1. The first-order valence-corrected chi connectivity index (χ1v) is 7.07. The molecular weight excluding hydrogens is 268 g/mol. The third-order valence-electron chi connectivity index (χ3n) is 3.92. The van der Waals surface area contributed by atoms with Crippen LogP contribution in [0.1, 0.15) is 39.9 Å². The number of nitrogen functional groups attached to an aromatic ring is 1. The maximum Gasteiger partial charge on any atom is 0.225 e. The van der Waals surface area contributed by atoms with E-state index in [1.165, 1.54) is 0 Å². The largest absolute Gasteiger partial charge is 0.369 e. The number of nitrogens with one attached hydrogen (secondary N) is 1. The summed E-state index contributed by atoms with van der Waals surface area (Å²) in [6, 6.07) is 1.79. The lowest BCUT2D eigenvalue weighted by Gasteiger charge is -2.24. The van der Waals surface area contributed by atoms with Crippen LogP contribution < -0.4 is 21.9 Å². The average molecular weight is 292 g/mol. The maximum atomic E-state index is 11.6.